The highest BCUT2D eigenvalue weighted by Crippen LogP contribution is 2.29. The van der Waals surface area contributed by atoms with E-state index in [9.17, 15) is 18.8 Å². The summed E-state index contributed by atoms with van der Waals surface area (Å²) in [6, 6.07) is 2.85. The van der Waals surface area contributed by atoms with Crippen LogP contribution < -0.4 is 4.74 Å². The number of hydrogen-bond donors (Lipinski definition) is 0. The summed E-state index contributed by atoms with van der Waals surface area (Å²) in [5.41, 5.74) is -1.58. The van der Waals surface area contributed by atoms with Crippen LogP contribution in [0.5, 0.6) is 5.75 Å². The molecule has 0 aliphatic carbocycles. The number of carbonyl (C=O) groups excluding carboxylic acids is 3. The normalized spacial score (nSPS) is 12.7. The molecule has 0 aliphatic rings. The van der Waals surface area contributed by atoms with Crippen LogP contribution in [0.2, 0.25) is 0 Å². The molecular weight excluding hydrogens is 397 g/mol. The second-order valence-corrected chi connectivity index (χ2v) is 8.44. The molecule has 30 heavy (non-hydrogen) atoms. The first kappa shape index (κ1) is 25.4. The van der Waals surface area contributed by atoms with Gasteiger partial charge in [0.2, 0.25) is 0 Å². The molecule has 0 saturated heterocycles. The lowest BCUT2D eigenvalue weighted by Gasteiger charge is -2.33. The Labute approximate surface area is 176 Å². The highest BCUT2D eigenvalue weighted by atomic mass is 19.1. The molecule has 9 heteroatoms. The van der Waals surface area contributed by atoms with Crippen molar-refractivity contribution in [2.24, 2.45) is 0 Å². The van der Waals surface area contributed by atoms with Gasteiger partial charge in [-0.2, -0.15) is 0 Å². The monoisotopic (exact) mass is 427 g/mol. The first-order valence-corrected chi connectivity index (χ1v) is 9.39. The van der Waals surface area contributed by atoms with Crippen LogP contribution in [0.3, 0.4) is 0 Å². The van der Waals surface area contributed by atoms with E-state index in [-0.39, 0.29) is 24.5 Å². The van der Waals surface area contributed by atoms with E-state index in [4.69, 9.17) is 18.9 Å². The molecule has 0 N–H and O–H groups in total. The molecule has 168 valence electrons. The van der Waals surface area contributed by atoms with E-state index in [1.807, 2.05) is 0 Å². The number of nitrogens with zero attached hydrogens (tertiary/aromatic N) is 1. The van der Waals surface area contributed by atoms with Crippen molar-refractivity contribution < 1.29 is 37.7 Å². The molecule has 8 nitrogen and oxygen atoms in total. The molecule has 0 heterocycles. The summed E-state index contributed by atoms with van der Waals surface area (Å²) < 4.78 is 35.2. The molecule has 0 aromatic heterocycles. The highest BCUT2D eigenvalue weighted by molar-refractivity contribution is 5.88. The van der Waals surface area contributed by atoms with E-state index < -0.39 is 35.2 Å². The molecule has 0 unspecified atom stereocenters. The van der Waals surface area contributed by atoms with Crippen LogP contribution in [0, 0.1) is 5.82 Å². The Morgan fingerprint density at radius 1 is 1.07 bits per heavy atom. The molecule has 0 radical (unpaired) electrons. The fourth-order valence-corrected chi connectivity index (χ4v) is 2.39. The Morgan fingerprint density at radius 2 is 1.60 bits per heavy atom. The largest absolute Gasteiger partial charge is 0.494 e. The average molecular weight is 427 g/mol. The van der Waals surface area contributed by atoms with Gasteiger partial charge in [0, 0.05) is 0 Å². The van der Waals surface area contributed by atoms with Crippen molar-refractivity contribution in [3.8, 4) is 5.75 Å². The molecule has 0 spiro atoms. The van der Waals surface area contributed by atoms with Crippen molar-refractivity contribution in [1.29, 1.82) is 0 Å². The van der Waals surface area contributed by atoms with Gasteiger partial charge in [-0.05, 0) is 59.2 Å². The Balaban J connectivity index is 3.44. The topological polar surface area (TPSA) is 91.4 Å². The van der Waals surface area contributed by atoms with E-state index in [1.165, 1.54) is 19.2 Å². The predicted molar refractivity (Wildman–Crippen MR) is 107 cm³/mol. The minimum atomic E-state index is -1.12. The molecular formula is C21H30FNO7. The van der Waals surface area contributed by atoms with Crippen molar-refractivity contribution in [3.05, 3.63) is 29.6 Å². The lowest BCUT2D eigenvalue weighted by molar-refractivity contribution is -0.112. The van der Waals surface area contributed by atoms with Crippen LogP contribution in [0.4, 0.5) is 14.0 Å². The van der Waals surface area contributed by atoms with E-state index in [0.29, 0.717) is 6.29 Å². The van der Waals surface area contributed by atoms with Crippen molar-refractivity contribution in [3.63, 3.8) is 0 Å². The smallest absolute Gasteiger partial charge is 0.420 e. The highest BCUT2D eigenvalue weighted by Gasteiger charge is 2.38. The van der Waals surface area contributed by atoms with Gasteiger partial charge in [0.05, 0.1) is 19.8 Å². The van der Waals surface area contributed by atoms with Crippen molar-refractivity contribution in [2.75, 3.05) is 20.3 Å². The van der Waals surface area contributed by atoms with E-state index in [1.54, 1.807) is 41.5 Å². The van der Waals surface area contributed by atoms with Gasteiger partial charge in [0.1, 0.15) is 24.1 Å². The van der Waals surface area contributed by atoms with E-state index in [2.05, 4.69) is 0 Å². The number of hydrogen-bond acceptors (Lipinski definition) is 7. The van der Waals surface area contributed by atoms with Crippen LogP contribution in [0.25, 0.3) is 0 Å². The molecule has 1 aromatic rings. The second-order valence-electron chi connectivity index (χ2n) is 8.44. The van der Waals surface area contributed by atoms with Gasteiger partial charge in [0.25, 0.3) is 0 Å². The fraction of sp³-hybridized carbons (Fsp3) is 0.571. The number of aldehydes is 1. The number of ether oxygens (including phenoxy) is 4. The zero-order valence-corrected chi connectivity index (χ0v) is 18.5. The molecule has 0 aliphatic heterocycles. The summed E-state index contributed by atoms with van der Waals surface area (Å²) >= 11 is 0. The van der Waals surface area contributed by atoms with Gasteiger partial charge in [-0.25, -0.2) is 18.9 Å². The third-order valence-corrected chi connectivity index (χ3v) is 3.51. The first-order valence-electron chi connectivity index (χ1n) is 9.39. The van der Waals surface area contributed by atoms with Crippen LogP contribution in [0.15, 0.2) is 18.2 Å². The number of benzene rings is 1. The first-order chi connectivity index (χ1) is 13.8. The van der Waals surface area contributed by atoms with Crippen LogP contribution in [-0.2, 0) is 19.0 Å². The van der Waals surface area contributed by atoms with Crippen molar-refractivity contribution in [2.45, 2.75) is 58.8 Å². The van der Waals surface area contributed by atoms with Gasteiger partial charge in [-0.15, -0.1) is 0 Å². The van der Waals surface area contributed by atoms with Crippen LogP contribution >= 0.6 is 0 Å². The average Bonchev–Trinajstić information content (AvgIpc) is 2.57. The van der Waals surface area contributed by atoms with Crippen LogP contribution in [-0.4, -0.2) is 54.9 Å². The van der Waals surface area contributed by atoms with Crippen LogP contribution in [0.1, 0.15) is 53.1 Å². The number of carbonyl (C=O) groups is 3. The number of halogens is 1. The van der Waals surface area contributed by atoms with Gasteiger partial charge >= 0.3 is 12.2 Å². The van der Waals surface area contributed by atoms with E-state index in [0.717, 1.165) is 11.0 Å². The number of imide groups is 1. The third-order valence-electron chi connectivity index (χ3n) is 3.51. The van der Waals surface area contributed by atoms with Crippen molar-refractivity contribution in [1.82, 2.24) is 4.90 Å². The molecule has 1 atom stereocenters. The zero-order valence-electron chi connectivity index (χ0n) is 18.5. The number of amides is 2. The summed E-state index contributed by atoms with van der Waals surface area (Å²) in [5.74, 6) is -0.698. The molecule has 0 saturated carbocycles. The Kier molecular flexibility index (Phi) is 8.77. The summed E-state index contributed by atoms with van der Waals surface area (Å²) in [5, 5.41) is 0. The summed E-state index contributed by atoms with van der Waals surface area (Å²) in [4.78, 5) is 37.2. The lowest BCUT2D eigenvalue weighted by Crippen LogP contribution is -2.46. The van der Waals surface area contributed by atoms with Gasteiger partial charge in [-0.3, -0.25) is 0 Å². The third kappa shape index (κ3) is 7.98. The summed E-state index contributed by atoms with van der Waals surface area (Å²) in [6.07, 6.45) is -1.46. The molecule has 0 bridgehead atoms. The summed E-state index contributed by atoms with van der Waals surface area (Å²) in [6.45, 7) is 9.30. The quantitative estimate of drug-likeness (QED) is 0.474. The Morgan fingerprint density at radius 3 is 2.00 bits per heavy atom. The lowest BCUT2D eigenvalue weighted by atomic mass is 10.1. The number of methoxy groups -OCH3 is 1. The minimum absolute atomic E-state index is 0.00704. The minimum Gasteiger partial charge on any atom is -0.494 e. The maximum atomic E-state index is 14.3. The summed E-state index contributed by atoms with van der Waals surface area (Å²) in [7, 11) is 1.32. The second kappa shape index (κ2) is 10.4. The zero-order chi connectivity index (χ0) is 23.1. The Bertz CT molecular complexity index is 725. The van der Waals surface area contributed by atoms with Gasteiger partial charge < -0.3 is 23.7 Å². The van der Waals surface area contributed by atoms with Crippen molar-refractivity contribution >= 4 is 18.5 Å². The fourth-order valence-electron chi connectivity index (χ4n) is 2.39. The molecule has 2 amide bonds. The Hall–Kier alpha value is -2.68. The molecule has 1 aromatic carbocycles. The van der Waals surface area contributed by atoms with E-state index >= 15 is 0 Å². The number of rotatable bonds is 7. The molecule has 0 fully saturated rings. The predicted octanol–water partition coefficient (Wildman–Crippen LogP) is 4.26. The van der Waals surface area contributed by atoms with Gasteiger partial charge in [0.15, 0.2) is 11.6 Å². The standard InChI is InChI=1S/C21H30FNO7/c1-20(2,3)29-18(25)23(19(26)30-21(4,5)6)16(13-28-11-10-24)14-8-9-17(27-7)15(22)12-14/h8-10,12,16H,11,13H2,1-7H3/t16-/m1/s1. The van der Waals surface area contributed by atoms with Gasteiger partial charge in [-0.1, -0.05) is 6.07 Å². The molecule has 1 rings (SSSR count). The SMILES string of the molecule is COc1ccc([C@@H](COCC=O)N(C(=O)OC(C)(C)C)C(=O)OC(C)(C)C)cc1F. The maximum absolute atomic E-state index is 14.3. The maximum Gasteiger partial charge on any atom is 0.420 e.